The van der Waals surface area contributed by atoms with Crippen molar-refractivity contribution in [1.82, 2.24) is 4.90 Å². The van der Waals surface area contributed by atoms with Crippen molar-refractivity contribution in [3.63, 3.8) is 0 Å². The van der Waals surface area contributed by atoms with Crippen LogP contribution in [-0.4, -0.2) is 37.5 Å². The predicted octanol–water partition coefficient (Wildman–Crippen LogP) is 3.34. The maximum Gasteiger partial charge on any atom is 0.244 e. The summed E-state index contributed by atoms with van der Waals surface area (Å²) >= 11 is 5.96. The van der Waals surface area contributed by atoms with Gasteiger partial charge in [-0.15, -0.1) is 0 Å². The molecule has 0 bridgehead atoms. The first-order chi connectivity index (χ1) is 12.4. The molecule has 2 aromatic rings. The van der Waals surface area contributed by atoms with Crippen LogP contribution in [0.1, 0.15) is 12.5 Å². The zero-order valence-corrected chi connectivity index (χ0v) is 15.7. The molecule has 0 spiro atoms. The Bertz CT molecular complexity index is 778. The van der Waals surface area contributed by atoms with E-state index in [1.54, 1.807) is 25.3 Å². The Balaban J connectivity index is 2.05. The van der Waals surface area contributed by atoms with Gasteiger partial charge >= 0.3 is 0 Å². The molecule has 0 aromatic heterocycles. The fourth-order valence-electron chi connectivity index (χ4n) is 2.37. The molecule has 0 unspecified atom stereocenters. The number of nitrogens with one attached hydrogen (secondary N) is 1. The minimum Gasteiger partial charge on any atom is -0.497 e. The van der Waals surface area contributed by atoms with Gasteiger partial charge in [0.1, 0.15) is 18.0 Å². The number of carbonyl (C=O) groups excluding carboxylic acids is 2. The van der Waals surface area contributed by atoms with Gasteiger partial charge in [-0.1, -0.05) is 23.7 Å². The number of methoxy groups -OCH3 is 2. The van der Waals surface area contributed by atoms with Crippen LogP contribution in [0.15, 0.2) is 42.5 Å². The van der Waals surface area contributed by atoms with Crippen molar-refractivity contribution in [1.29, 1.82) is 0 Å². The number of rotatable bonds is 7. The highest BCUT2D eigenvalue weighted by Gasteiger charge is 2.16. The lowest BCUT2D eigenvalue weighted by molar-refractivity contribution is -0.133. The molecular formula is C19H21ClN2O4. The van der Waals surface area contributed by atoms with Crippen molar-refractivity contribution in [3.8, 4) is 11.5 Å². The molecule has 7 heteroatoms. The van der Waals surface area contributed by atoms with Gasteiger partial charge in [-0.25, -0.2) is 0 Å². The molecule has 26 heavy (non-hydrogen) atoms. The second kappa shape index (κ2) is 9.10. The lowest BCUT2D eigenvalue weighted by Crippen LogP contribution is -2.36. The quantitative estimate of drug-likeness (QED) is 0.804. The summed E-state index contributed by atoms with van der Waals surface area (Å²) in [4.78, 5) is 25.7. The van der Waals surface area contributed by atoms with Crippen LogP contribution in [0.2, 0.25) is 5.02 Å². The van der Waals surface area contributed by atoms with Gasteiger partial charge in [0.2, 0.25) is 11.8 Å². The Kier molecular flexibility index (Phi) is 6.86. The molecule has 0 atom stereocenters. The zero-order valence-electron chi connectivity index (χ0n) is 14.9. The van der Waals surface area contributed by atoms with Crippen LogP contribution in [0, 0.1) is 0 Å². The van der Waals surface area contributed by atoms with E-state index < -0.39 is 0 Å². The van der Waals surface area contributed by atoms with Crippen molar-refractivity contribution in [2.75, 3.05) is 26.1 Å². The van der Waals surface area contributed by atoms with Crippen LogP contribution in [0.4, 0.5) is 5.69 Å². The van der Waals surface area contributed by atoms with Gasteiger partial charge in [0.15, 0.2) is 0 Å². The number of hydrogen-bond donors (Lipinski definition) is 1. The fourth-order valence-corrected chi connectivity index (χ4v) is 2.54. The summed E-state index contributed by atoms with van der Waals surface area (Å²) in [6.45, 7) is 1.66. The number of carbonyl (C=O) groups is 2. The van der Waals surface area contributed by atoms with Crippen LogP contribution in [0.3, 0.4) is 0 Å². The van der Waals surface area contributed by atoms with E-state index in [1.165, 1.54) is 18.9 Å². The summed E-state index contributed by atoms with van der Waals surface area (Å²) in [5.74, 6) is 0.685. The molecule has 0 aliphatic rings. The van der Waals surface area contributed by atoms with E-state index >= 15 is 0 Å². The topological polar surface area (TPSA) is 67.9 Å². The Morgan fingerprint density at radius 3 is 2.35 bits per heavy atom. The fraction of sp³-hybridized carbons (Fsp3) is 0.263. The standard InChI is InChI=1S/C19H21ClN2O4/c1-13(23)22(11-14-4-7-16(25-2)8-5-14)12-19(24)21-17-10-15(20)6-9-18(17)26-3/h4-10H,11-12H2,1-3H3,(H,21,24). The smallest absolute Gasteiger partial charge is 0.244 e. The molecule has 0 saturated carbocycles. The number of ether oxygens (including phenoxy) is 2. The third kappa shape index (κ3) is 5.39. The van der Waals surface area contributed by atoms with Gasteiger partial charge in [-0.05, 0) is 35.9 Å². The van der Waals surface area contributed by atoms with E-state index in [2.05, 4.69) is 5.32 Å². The molecule has 138 valence electrons. The van der Waals surface area contributed by atoms with Gasteiger partial charge in [-0.3, -0.25) is 9.59 Å². The summed E-state index contributed by atoms with van der Waals surface area (Å²) < 4.78 is 10.3. The van der Waals surface area contributed by atoms with Crippen molar-refractivity contribution in [2.24, 2.45) is 0 Å². The van der Waals surface area contributed by atoms with Crippen LogP contribution in [0.25, 0.3) is 0 Å². The molecule has 0 aliphatic carbocycles. The average molecular weight is 377 g/mol. The Hall–Kier alpha value is -2.73. The molecule has 0 saturated heterocycles. The van der Waals surface area contributed by atoms with Gasteiger partial charge < -0.3 is 19.7 Å². The predicted molar refractivity (Wildman–Crippen MR) is 101 cm³/mol. The normalized spacial score (nSPS) is 10.2. The molecule has 0 aliphatic heterocycles. The third-order valence-corrected chi connectivity index (χ3v) is 3.98. The third-order valence-electron chi connectivity index (χ3n) is 3.75. The average Bonchev–Trinajstić information content (AvgIpc) is 2.62. The summed E-state index contributed by atoms with van der Waals surface area (Å²) in [5, 5.41) is 3.20. The molecular weight excluding hydrogens is 356 g/mol. The number of nitrogens with zero attached hydrogens (tertiary/aromatic N) is 1. The van der Waals surface area contributed by atoms with Crippen molar-refractivity contribution >= 4 is 29.1 Å². The van der Waals surface area contributed by atoms with Gasteiger partial charge in [-0.2, -0.15) is 0 Å². The van der Waals surface area contributed by atoms with E-state index in [4.69, 9.17) is 21.1 Å². The van der Waals surface area contributed by atoms with Crippen LogP contribution >= 0.6 is 11.6 Å². The molecule has 2 amide bonds. The summed E-state index contributed by atoms with van der Waals surface area (Å²) in [7, 11) is 3.09. The Morgan fingerprint density at radius 1 is 1.08 bits per heavy atom. The highest BCUT2D eigenvalue weighted by atomic mass is 35.5. The van der Waals surface area contributed by atoms with Crippen LogP contribution < -0.4 is 14.8 Å². The van der Waals surface area contributed by atoms with Gasteiger partial charge in [0.05, 0.1) is 19.9 Å². The molecule has 1 N–H and O–H groups in total. The second-order valence-electron chi connectivity index (χ2n) is 5.62. The molecule has 0 radical (unpaired) electrons. The summed E-state index contributed by atoms with van der Waals surface area (Å²) in [6.07, 6.45) is 0. The first-order valence-corrected chi connectivity index (χ1v) is 8.32. The van der Waals surface area contributed by atoms with E-state index in [9.17, 15) is 9.59 Å². The SMILES string of the molecule is COc1ccc(CN(CC(=O)Nc2cc(Cl)ccc2OC)C(C)=O)cc1. The number of anilines is 1. The zero-order chi connectivity index (χ0) is 19.1. The van der Waals surface area contributed by atoms with Gasteiger partial charge in [0, 0.05) is 18.5 Å². The molecule has 0 fully saturated rings. The number of hydrogen-bond acceptors (Lipinski definition) is 4. The minimum absolute atomic E-state index is 0.0863. The monoisotopic (exact) mass is 376 g/mol. The molecule has 2 rings (SSSR count). The number of halogens is 1. The Morgan fingerprint density at radius 2 is 1.77 bits per heavy atom. The van der Waals surface area contributed by atoms with Crippen molar-refractivity contribution in [3.05, 3.63) is 53.1 Å². The largest absolute Gasteiger partial charge is 0.497 e. The van der Waals surface area contributed by atoms with E-state index in [0.717, 1.165) is 11.3 Å². The first-order valence-electron chi connectivity index (χ1n) is 7.94. The van der Waals surface area contributed by atoms with Crippen LogP contribution in [0.5, 0.6) is 11.5 Å². The lowest BCUT2D eigenvalue weighted by atomic mass is 10.2. The van der Waals surface area contributed by atoms with Crippen molar-refractivity contribution < 1.29 is 19.1 Å². The Labute approximate surface area is 157 Å². The molecule has 6 nitrogen and oxygen atoms in total. The summed E-state index contributed by atoms with van der Waals surface area (Å²) in [5.41, 5.74) is 1.35. The van der Waals surface area contributed by atoms with Crippen LogP contribution in [-0.2, 0) is 16.1 Å². The number of benzene rings is 2. The second-order valence-corrected chi connectivity index (χ2v) is 6.05. The molecule has 2 aromatic carbocycles. The molecule has 0 heterocycles. The van der Waals surface area contributed by atoms with Gasteiger partial charge in [0.25, 0.3) is 0 Å². The van der Waals surface area contributed by atoms with E-state index in [-0.39, 0.29) is 18.4 Å². The summed E-state index contributed by atoms with van der Waals surface area (Å²) in [6, 6.07) is 12.3. The minimum atomic E-state index is -0.339. The van der Waals surface area contributed by atoms with E-state index in [0.29, 0.717) is 23.0 Å². The highest BCUT2D eigenvalue weighted by Crippen LogP contribution is 2.27. The highest BCUT2D eigenvalue weighted by molar-refractivity contribution is 6.31. The van der Waals surface area contributed by atoms with Crippen molar-refractivity contribution in [2.45, 2.75) is 13.5 Å². The van der Waals surface area contributed by atoms with E-state index in [1.807, 2.05) is 24.3 Å². The lowest BCUT2D eigenvalue weighted by Gasteiger charge is -2.21. The first kappa shape index (κ1) is 19.6. The maximum absolute atomic E-state index is 12.4. The maximum atomic E-state index is 12.4. The number of amides is 2.